The average molecular weight is 251 g/mol. The van der Waals surface area contributed by atoms with Gasteiger partial charge in [-0.2, -0.15) is 5.10 Å². The number of nitrogens with one attached hydrogen (secondary N) is 1. The van der Waals surface area contributed by atoms with Crippen molar-refractivity contribution in [3.8, 4) is 0 Å². The quantitative estimate of drug-likeness (QED) is 0.875. The summed E-state index contributed by atoms with van der Waals surface area (Å²) in [7, 11) is 1.89. The number of anilines is 2. The molecule has 17 heavy (non-hydrogen) atoms. The highest BCUT2D eigenvalue weighted by Gasteiger charge is 2.16. The standard InChI is InChI=1S/C11H17N5S/c1-4-8(11-13-5-6-17-11)14-10-9(12)7(2)15-16(10)3/h5-6,8,14H,4,12H2,1-3H3. The molecule has 2 rings (SSSR count). The molecule has 92 valence electrons. The summed E-state index contributed by atoms with van der Waals surface area (Å²) in [4.78, 5) is 4.34. The zero-order chi connectivity index (χ0) is 12.4. The van der Waals surface area contributed by atoms with E-state index < -0.39 is 0 Å². The van der Waals surface area contributed by atoms with Crippen molar-refractivity contribution in [2.45, 2.75) is 26.3 Å². The monoisotopic (exact) mass is 251 g/mol. The maximum Gasteiger partial charge on any atom is 0.148 e. The van der Waals surface area contributed by atoms with Crippen molar-refractivity contribution in [3.63, 3.8) is 0 Å². The van der Waals surface area contributed by atoms with Crippen LogP contribution in [-0.2, 0) is 7.05 Å². The van der Waals surface area contributed by atoms with E-state index in [0.29, 0.717) is 5.69 Å². The van der Waals surface area contributed by atoms with Crippen molar-refractivity contribution in [2.75, 3.05) is 11.1 Å². The van der Waals surface area contributed by atoms with Gasteiger partial charge in [0.05, 0.1) is 17.4 Å². The highest BCUT2D eigenvalue weighted by atomic mass is 32.1. The molecule has 0 aliphatic heterocycles. The third kappa shape index (κ3) is 2.26. The second-order valence-corrected chi connectivity index (χ2v) is 4.87. The van der Waals surface area contributed by atoms with Gasteiger partial charge in [0.25, 0.3) is 0 Å². The Balaban J connectivity index is 2.24. The van der Waals surface area contributed by atoms with Gasteiger partial charge in [0.1, 0.15) is 10.8 Å². The number of hydrogen-bond acceptors (Lipinski definition) is 5. The second kappa shape index (κ2) is 4.75. The topological polar surface area (TPSA) is 68.8 Å². The fraction of sp³-hybridized carbons (Fsp3) is 0.455. The van der Waals surface area contributed by atoms with Crippen LogP contribution in [0.1, 0.15) is 30.1 Å². The Bertz CT molecular complexity index is 488. The molecule has 0 spiro atoms. The molecule has 2 aromatic rings. The summed E-state index contributed by atoms with van der Waals surface area (Å²) in [5, 5.41) is 10.8. The van der Waals surface area contributed by atoms with E-state index in [2.05, 4.69) is 22.3 Å². The summed E-state index contributed by atoms with van der Waals surface area (Å²) in [5.74, 6) is 0.865. The first-order chi connectivity index (χ1) is 8.13. The van der Waals surface area contributed by atoms with E-state index in [-0.39, 0.29) is 6.04 Å². The molecule has 0 aliphatic carbocycles. The normalized spacial score (nSPS) is 12.6. The second-order valence-electron chi connectivity index (χ2n) is 3.95. The maximum absolute atomic E-state index is 6.00. The Morgan fingerprint density at radius 3 is 2.82 bits per heavy atom. The molecule has 6 heteroatoms. The molecule has 0 amide bonds. The lowest BCUT2D eigenvalue weighted by Gasteiger charge is -2.16. The molecule has 0 fully saturated rings. The van der Waals surface area contributed by atoms with Crippen LogP contribution >= 0.6 is 11.3 Å². The van der Waals surface area contributed by atoms with Crippen LogP contribution in [0, 0.1) is 6.92 Å². The summed E-state index contributed by atoms with van der Waals surface area (Å²) in [6.07, 6.45) is 2.78. The molecule has 3 N–H and O–H groups in total. The zero-order valence-corrected chi connectivity index (χ0v) is 11.1. The van der Waals surface area contributed by atoms with E-state index in [9.17, 15) is 0 Å². The van der Waals surface area contributed by atoms with Gasteiger partial charge in [0.2, 0.25) is 0 Å². The van der Waals surface area contributed by atoms with Crippen molar-refractivity contribution < 1.29 is 0 Å². The molecule has 0 aliphatic rings. The van der Waals surface area contributed by atoms with E-state index in [0.717, 1.165) is 22.9 Å². The van der Waals surface area contributed by atoms with Gasteiger partial charge in [-0.15, -0.1) is 11.3 Å². The molecule has 0 saturated carbocycles. The number of nitrogen functional groups attached to an aromatic ring is 1. The molecule has 1 atom stereocenters. The molecule has 2 aromatic heterocycles. The first-order valence-corrected chi connectivity index (χ1v) is 6.46. The van der Waals surface area contributed by atoms with Crippen LogP contribution in [0.3, 0.4) is 0 Å². The number of aryl methyl sites for hydroxylation is 2. The Hall–Kier alpha value is -1.56. The van der Waals surface area contributed by atoms with Gasteiger partial charge < -0.3 is 11.1 Å². The Labute approximate surface area is 105 Å². The van der Waals surface area contributed by atoms with E-state index in [4.69, 9.17) is 5.73 Å². The van der Waals surface area contributed by atoms with Crippen LogP contribution in [0.4, 0.5) is 11.5 Å². The minimum absolute atomic E-state index is 0.187. The summed E-state index contributed by atoms with van der Waals surface area (Å²) in [5.41, 5.74) is 7.56. The van der Waals surface area contributed by atoms with Crippen LogP contribution in [0.25, 0.3) is 0 Å². The minimum Gasteiger partial charge on any atom is -0.394 e. The van der Waals surface area contributed by atoms with Crippen LogP contribution in [0.15, 0.2) is 11.6 Å². The molecule has 5 nitrogen and oxygen atoms in total. The van der Waals surface area contributed by atoms with Crippen molar-refractivity contribution in [1.82, 2.24) is 14.8 Å². The van der Waals surface area contributed by atoms with Gasteiger partial charge >= 0.3 is 0 Å². The minimum atomic E-state index is 0.187. The van der Waals surface area contributed by atoms with Crippen LogP contribution < -0.4 is 11.1 Å². The molecule has 0 saturated heterocycles. The van der Waals surface area contributed by atoms with E-state index in [1.807, 2.05) is 25.5 Å². The van der Waals surface area contributed by atoms with Gasteiger partial charge in [-0.3, -0.25) is 4.68 Å². The highest BCUT2D eigenvalue weighted by Crippen LogP contribution is 2.28. The van der Waals surface area contributed by atoms with E-state index in [1.54, 1.807) is 16.0 Å². The molecule has 1 unspecified atom stereocenters. The Kier molecular flexibility index (Phi) is 3.33. The summed E-state index contributed by atoms with van der Waals surface area (Å²) >= 11 is 1.65. The Morgan fingerprint density at radius 1 is 1.59 bits per heavy atom. The fourth-order valence-electron chi connectivity index (χ4n) is 1.76. The van der Waals surface area contributed by atoms with Crippen molar-refractivity contribution >= 4 is 22.8 Å². The predicted molar refractivity (Wildman–Crippen MR) is 71.1 cm³/mol. The SMILES string of the molecule is CCC(Nc1c(N)c(C)nn1C)c1nccs1. The van der Waals surface area contributed by atoms with Crippen molar-refractivity contribution in [2.24, 2.45) is 7.05 Å². The molecule has 2 heterocycles. The lowest BCUT2D eigenvalue weighted by atomic mass is 10.2. The van der Waals surface area contributed by atoms with Crippen molar-refractivity contribution in [1.29, 1.82) is 0 Å². The van der Waals surface area contributed by atoms with E-state index in [1.165, 1.54) is 0 Å². The largest absolute Gasteiger partial charge is 0.394 e. The lowest BCUT2D eigenvalue weighted by molar-refractivity contribution is 0.702. The number of aromatic nitrogens is 3. The molecule has 0 aromatic carbocycles. The first-order valence-electron chi connectivity index (χ1n) is 5.58. The molecular formula is C11H17N5S. The van der Waals surface area contributed by atoms with Gasteiger partial charge in [-0.25, -0.2) is 4.98 Å². The third-order valence-corrected chi connectivity index (χ3v) is 3.63. The summed E-state index contributed by atoms with van der Waals surface area (Å²) in [6.45, 7) is 4.03. The summed E-state index contributed by atoms with van der Waals surface area (Å²) < 4.78 is 1.78. The number of nitrogens with two attached hydrogens (primary N) is 1. The molecule has 0 bridgehead atoms. The molecule has 0 radical (unpaired) electrons. The Morgan fingerprint density at radius 2 is 2.35 bits per heavy atom. The van der Waals surface area contributed by atoms with Gasteiger partial charge in [-0.1, -0.05) is 6.92 Å². The number of rotatable bonds is 4. The number of thiazole rings is 1. The smallest absolute Gasteiger partial charge is 0.148 e. The van der Waals surface area contributed by atoms with Gasteiger partial charge in [0.15, 0.2) is 0 Å². The van der Waals surface area contributed by atoms with Crippen LogP contribution in [0.2, 0.25) is 0 Å². The third-order valence-electron chi connectivity index (χ3n) is 2.74. The zero-order valence-electron chi connectivity index (χ0n) is 10.3. The molecular weight excluding hydrogens is 234 g/mol. The van der Waals surface area contributed by atoms with Crippen LogP contribution in [-0.4, -0.2) is 14.8 Å². The van der Waals surface area contributed by atoms with Gasteiger partial charge in [0, 0.05) is 18.6 Å². The maximum atomic E-state index is 6.00. The predicted octanol–water partition coefficient (Wildman–Crippen LogP) is 2.33. The van der Waals surface area contributed by atoms with Crippen LogP contribution in [0.5, 0.6) is 0 Å². The van der Waals surface area contributed by atoms with E-state index >= 15 is 0 Å². The average Bonchev–Trinajstić information content (AvgIpc) is 2.89. The summed E-state index contributed by atoms with van der Waals surface area (Å²) in [6, 6.07) is 0.187. The van der Waals surface area contributed by atoms with Gasteiger partial charge in [-0.05, 0) is 13.3 Å². The fourth-order valence-corrected chi connectivity index (χ4v) is 2.53. The lowest BCUT2D eigenvalue weighted by Crippen LogP contribution is -2.13. The highest BCUT2D eigenvalue weighted by molar-refractivity contribution is 7.09. The number of nitrogens with zero attached hydrogens (tertiary/aromatic N) is 3. The number of hydrogen-bond donors (Lipinski definition) is 2. The van der Waals surface area contributed by atoms with Crippen molar-refractivity contribution in [3.05, 3.63) is 22.3 Å². The first kappa shape index (κ1) is 11.9.